The maximum atomic E-state index is 6.38. The average Bonchev–Trinajstić information content (AvgIpc) is 2.97. The molecule has 3 rings (SSSR count). The lowest BCUT2D eigenvalue weighted by Crippen LogP contribution is -1.89. The van der Waals surface area contributed by atoms with Crippen LogP contribution in [0.3, 0.4) is 0 Å². The molecule has 0 aliphatic heterocycles. The normalized spacial score (nSPS) is 10.9. The molecule has 1 heterocycles. The Hall–Kier alpha value is -1.75. The molecule has 0 atom stereocenters. The molecule has 0 N–H and O–H groups in total. The fourth-order valence-electron chi connectivity index (χ4n) is 2.89. The molecule has 0 radical (unpaired) electrons. The lowest BCUT2D eigenvalue weighted by Gasteiger charge is -2.04. The zero-order valence-corrected chi connectivity index (χ0v) is 17.1. The summed E-state index contributed by atoms with van der Waals surface area (Å²) in [7, 11) is 1.69. The van der Waals surface area contributed by atoms with E-state index in [0.717, 1.165) is 41.2 Å². The molecule has 130 valence electrons. The van der Waals surface area contributed by atoms with Gasteiger partial charge in [-0.3, -0.25) is 0 Å². The van der Waals surface area contributed by atoms with E-state index in [-0.39, 0.29) is 0 Å². The van der Waals surface area contributed by atoms with Crippen molar-refractivity contribution in [2.75, 3.05) is 7.11 Å². The summed E-state index contributed by atoms with van der Waals surface area (Å²) in [4.78, 5) is 0. The minimum absolute atomic E-state index is 0.860. The van der Waals surface area contributed by atoms with Gasteiger partial charge in [-0.2, -0.15) is 0 Å². The van der Waals surface area contributed by atoms with Gasteiger partial charge >= 0.3 is 0 Å². The van der Waals surface area contributed by atoms with E-state index in [1.165, 1.54) is 21.1 Å². The number of aryl methyl sites for hydroxylation is 1. The molecule has 0 amide bonds. The van der Waals surface area contributed by atoms with Gasteiger partial charge in [0, 0.05) is 16.7 Å². The highest BCUT2D eigenvalue weighted by Crippen LogP contribution is 2.39. The number of hydrogen-bond acceptors (Lipinski definition) is 2. The quantitative estimate of drug-likeness (QED) is 0.385. The summed E-state index contributed by atoms with van der Waals surface area (Å²) < 4.78 is 12.9. The lowest BCUT2D eigenvalue weighted by atomic mass is 10.0. The van der Waals surface area contributed by atoms with Crippen LogP contribution in [0, 0.1) is 10.5 Å². The molecule has 0 aliphatic carbocycles. The Labute approximate surface area is 163 Å². The van der Waals surface area contributed by atoms with Crippen molar-refractivity contribution < 1.29 is 9.15 Å². The van der Waals surface area contributed by atoms with Gasteiger partial charge in [0.2, 0.25) is 0 Å². The van der Waals surface area contributed by atoms with Crippen LogP contribution in [0.15, 0.2) is 52.9 Å². The molecule has 3 aromatic rings. The van der Waals surface area contributed by atoms with Crippen molar-refractivity contribution in [3.8, 4) is 28.4 Å². The van der Waals surface area contributed by atoms with Crippen molar-refractivity contribution in [1.82, 2.24) is 0 Å². The fourth-order valence-corrected chi connectivity index (χ4v) is 3.82. The minimum Gasteiger partial charge on any atom is -0.497 e. The van der Waals surface area contributed by atoms with Gasteiger partial charge in [0.15, 0.2) is 0 Å². The number of furan rings is 1. The Balaban J connectivity index is 2.08. The minimum atomic E-state index is 0.860. The van der Waals surface area contributed by atoms with Crippen LogP contribution in [-0.4, -0.2) is 7.11 Å². The Morgan fingerprint density at radius 1 is 0.920 bits per heavy atom. The van der Waals surface area contributed by atoms with Crippen LogP contribution in [0.5, 0.6) is 5.75 Å². The number of unbranched alkanes of at least 4 members (excludes halogenated alkanes) is 1. The topological polar surface area (TPSA) is 22.4 Å². The van der Waals surface area contributed by atoms with Crippen molar-refractivity contribution >= 4 is 22.6 Å². The van der Waals surface area contributed by atoms with Crippen molar-refractivity contribution in [2.24, 2.45) is 0 Å². The first-order valence-corrected chi connectivity index (χ1v) is 9.74. The van der Waals surface area contributed by atoms with Gasteiger partial charge in [0.05, 0.1) is 10.7 Å². The predicted octanol–water partition coefficient (Wildman–Crippen LogP) is 6.88. The summed E-state index contributed by atoms with van der Waals surface area (Å²) in [6.45, 7) is 4.33. The third-order valence-electron chi connectivity index (χ3n) is 4.39. The van der Waals surface area contributed by atoms with Gasteiger partial charge in [-0.1, -0.05) is 43.2 Å². The molecule has 1 aromatic heterocycles. The van der Waals surface area contributed by atoms with Crippen LogP contribution in [0.2, 0.25) is 0 Å². The average molecular weight is 446 g/mol. The summed E-state index contributed by atoms with van der Waals surface area (Å²) in [6.07, 6.45) is 3.36. The molecule has 0 saturated carbocycles. The Kier molecular flexibility index (Phi) is 5.84. The molecule has 2 aromatic carbocycles. The molecule has 25 heavy (non-hydrogen) atoms. The van der Waals surface area contributed by atoms with Gasteiger partial charge in [-0.15, -0.1) is 0 Å². The molecule has 0 aliphatic rings. The van der Waals surface area contributed by atoms with E-state index in [1.807, 2.05) is 12.1 Å². The van der Waals surface area contributed by atoms with E-state index < -0.39 is 0 Å². The van der Waals surface area contributed by atoms with E-state index >= 15 is 0 Å². The first-order chi connectivity index (χ1) is 12.1. The number of halogens is 1. The number of rotatable bonds is 6. The van der Waals surface area contributed by atoms with E-state index in [9.17, 15) is 0 Å². The van der Waals surface area contributed by atoms with E-state index in [2.05, 4.69) is 72.8 Å². The Bertz CT molecular complexity index is 830. The summed E-state index contributed by atoms with van der Waals surface area (Å²) >= 11 is 2.44. The monoisotopic (exact) mass is 446 g/mol. The molecule has 0 saturated heterocycles. The lowest BCUT2D eigenvalue weighted by molar-refractivity contribution is 0.415. The Morgan fingerprint density at radius 3 is 2.12 bits per heavy atom. The van der Waals surface area contributed by atoms with Crippen LogP contribution >= 0.6 is 22.6 Å². The third kappa shape index (κ3) is 3.92. The highest BCUT2D eigenvalue weighted by molar-refractivity contribution is 14.1. The van der Waals surface area contributed by atoms with Crippen LogP contribution in [0.25, 0.3) is 22.6 Å². The second-order valence-corrected chi connectivity index (χ2v) is 7.33. The largest absolute Gasteiger partial charge is 0.497 e. The maximum absolute atomic E-state index is 6.38. The molecule has 0 spiro atoms. The Morgan fingerprint density at radius 2 is 1.52 bits per heavy atom. The fraction of sp³-hybridized carbons (Fsp3) is 0.273. The molecule has 0 fully saturated rings. The maximum Gasteiger partial charge on any atom is 0.148 e. The number of methoxy groups -OCH3 is 1. The first kappa shape index (κ1) is 18.1. The van der Waals surface area contributed by atoms with Gasteiger partial charge in [-0.25, -0.2) is 0 Å². The summed E-state index contributed by atoms with van der Waals surface area (Å²) in [5.74, 6) is 2.81. The smallest absolute Gasteiger partial charge is 0.148 e. The number of benzene rings is 2. The van der Waals surface area contributed by atoms with Gasteiger partial charge in [-0.05, 0) is 66.6 Å². The second-order valence-electron chi connectivity index (χ2n) is 6.25. The van der Waals surface area contributed by atoms with Crippen molar-refractivity contribution in [1.29, 1.82) is 0 Å². The summed E-state index contributed by atoms with van der Waals surface area (Å²) in [6, 6.07) is 16.7. The predicted molar refractivity (Wildman–Crippen MR) is 112 cm³/mol. The van der Waals surface area contributed by atoms with E-state index in [1.54, 1.807) is 7.11 Å². The first-order valence-electron chi connectivity index (χ1n) is 8.66. The molecule has 3 heteroatoms. The second kappa shape index (κ2) is 8.09. The highest BCUT2D eigenvalue weighted by Gasteiger charge is 2.20. The summed E-state index contributed by atoms with van der Waals surface area (Å²) in [5, 5.41) is 0. The van der Waals surface area contributed by atoms with Crippen molar-refractivity contribution in [3.05, 3.63) is 63.2 Å². The van der Waals surface area contributed by atoms with E-state index in [4.69, 9.17) is 9.15 Å². The molecule has 0 bridgehead atoms. The summed E-state index contributed by atoms with van der Waals surface area (Å²) in [5.41, 5.74) is 4.80. The molecule has 0 unspecified atom stereocenters. The van der Waals surface area contributed by atoms with Crippen LogP contribution in [-0.2, 0) is 6.42 Å². The van der Waals surface area contributed by atoms with E-state index in [0.29, 0.717) is 0 Å². The molecular formula is C22H23IO2. The van der Waals surface area contributed by atoms with Gasteiger partial charge in [0.25, 0.3) is 0 Å². The zero-order valence-electron chi connectivity index (χ0n) is 14.9. The zero-order chi connectivity index (χ0) is 17.8. The van der Waals surface area contributed by atoms with Crippen LogP contribution < -0.4 is 4.74 Å². The third-order valence-corrected chi connectivity index (χ3v) is 5.53. The molecule has 2 nitrogen and oxygen atoms in total. The van der Waals surface area contributed by atoms with Crippen LogP contribution in [0.1, 0.15) is 30.9 Å². The standard InChI is InChI=1S/C22H23IO2/c1-4-5-6-19-20(23)22(17-9-7-15(2)8-10-17)25-21(19)16-11-13-18(24-3)14-12-16/h7-14H,4-6H2,1-3H3. The van der Waals surface area contributed by atoms with Gasteiger partial charge in [0.1, 0.15) is 17.3 Å². The number of hydrogen-bond donors (Lipinski definition) is 0. The SMILES string of the molecule is CCCCc1c(-c2ccc(OC)cc2)oc(-c2ccc(C)cc2)c1I. The highest BCUT2D eigenvalue weighted by atomic mass is 127. The van der Waals surface area contributed by atoms with Crippen LogP contribution in [0.4, 0.5) is 0 Å². The molecular weight excluding hydrogens is 423 g/mol. The number of ether oxygens (including phenoxy) is 1. The van der Waals surface area contributed by atoms with Crippen molar-refractivity contribution in [2.45, 2.75) is 33.1 Å². The van der Waals surface area contributed by atoms with Gasteiger partial charge < -0.3 is 9.15 Å². The van der Waals surface area contributed by atoms with Crippen molar-refractivity contribution in [3.63, 3.8) is 0 Å².